The molecule has 188 valence electrons. The Bertz CT molecular complexity index is 1640. The number of halogens is 4. The highest BCUT2D eigenvalue weighted by atomic mass is 35.5. The first-order valence-corrected chi connectivity index (χ1v) is 11.7. The minimum absolute atomic E-state index is 0.0150. The van der Waals surface area contributed by atoms with Crippen LogP contribution in [0.2, 0.25) is 5.02 Å². The summed E-state index contributed by atoms with van der Waals surface area (Å²) in [4.78, 5) is 13.3. The Morgan fingerprint density at radius 1 is 0.865 bits per heavy atom. The molecule has 0 fully saturated rings. The molecular formula is C27H21ClF3N5O. The summed E-state index contributed by atoms with van der Waals surface area (Å²) in [6.07, 6.45) is -4.44. The molecule has 0 saturated heterocycles. The predicted molar refractivity (Wildman–Crippen MR) is 138 cm³/mol. The number of nitrogens with one attached hydrogen (secondary N) is 1. The van der Waals surface area contributed by atoms with Crippen LogP contribution in [0.3, 0.4) is 0 Å². The van der Waals surface area contributed by atoms with E-state index in [1.165, 1.54) is 21.3 Å². The van der Waals surface area contributed by atoms with E-state index in [0.29, 0.717) is 27.6 Å². The third-order valence-corrected chi connectivity index (χ3v) is 6.30. The molecule has 37 heavy (non-hydrogen) atoms. The first kappa shape index (κ1) is 24.6. The highest BCUT2D eigenvalue weighted by Crippen LogP contribution is 2.39. The number of hydrogen-bond acceptors (Lipinski definition) is 4. The predicted octanol–water partition coefficient (Wildman–Crippen LogP) is 6.30. The molecule has 0 spiro atoms. The van der Waals surface area contributed by atoms with Crippen LogP contribution < -0.4 is 11.0 Å². The van der Waals surface area contributed by atoms with Gasteiger partial charge in [-0.25, -0.2) is 9.48 Å². The molecule has 10 heteroatoms. The zero-order valence-electron chi connectivity index (χ0n) is 19.8. The standard InChI is InChI=1S/C27H21ClF3N5O/c1-16-3-7-19(8-4-16)23-22(18-9-13-21(28)14-10-18)24(32-2)33-36-25(23)34-35(26(36)37)15-17-5-11-20(12-6-17)27(29,30)31/h3-14H,15H2,1-2H3,(H,32,33). The van der Waals surface area contributed by atoms with Gasteiger partial charge in [0.25, 0.3) is 0 Å². The second-order valence-corrected chi connectivity index (χ2v) is 9.03. The van der Waals surface area contributed by atoms with Crippen molar-refractivity contribution in [3.63, 3.8) is 0 Å². The summed E-state index contributed by atoms with van der Waals surface area (Å²) < 4.78 is 41.3. The number of benzene rings is 3. The second kappa shape index (κ2) is 9.40. The fourth-order valence-corrected chi connectivity index (χ4v) is 4.29. The lowest BCUT2D eigenvalue weighted by Gasteiger charge is -2.15. The minimum Gasteiger partial charge on any atom is -0.371 e. The van der Waals surface area contributed by atoms with Crippen LogP contribution in [0, 0.1) is 6.92 Å². The van der Waals surface area contributed by atoms with Gasteiger partial charge in [-0.1, -0.05) is 65.7 Å². The molecule has 0 unspecified atom stereocenters. The number of aromatic nitrogens is 4. The van der Waals surface area contributed by atoms with E-state index in [0.717, 1.165) is 34.4 Å². The minimum atomic E-state index is -4.44. The van der Waals surface area contributed by atoms with Crippen molar-refractivity contribution >= 4 is 23.1 Å². The van der Waals surface area contributed by atoms with Crippen molar-refractivity contribution < 1.29 is 13.2 Å². The molecule has 0 amide bonds. The van der Waals surface area contributed by atoms with E-state index in [9.17, 15) is 18.0 Å². The SMILES string of the molecule is CNc1nn2c(=O)n(Cc3ccc(C(F)(F)F)cc3)nc2c(-c2ccc(C)cc2)c1-c1ccc(Cl)cc1. The monoisotopic (exact) mass is 523 g/mol. The van der Waals surface area contributed by atoms with Crippen LogP contribution in [0.1, 0.15) is 16.7 Å². The largest absolute Gasteiger partial charge is 0.416 e. The van der Waals surface area contributed by atoms with Crippen molar-refractivity contribution in [3.05, 3.63) is 105 Å². The molecule has 5 rings (SSSR count). The third-order valence-electron chi connectivity index (χ3n) is 6.05. The Kier molecular flexibility index (Phi) is 6.25. The molecule has 2 aromatic heterocycles. The summed E-state index contributed by atoms with van der Waals surface area (Å²) in [5.41, 5.74) is 3.70. The van der Waals surface area contributed by atoms with Crippen molar-refractivity contribution in [1.29, 1.82) is 0 Å². The van der Waals surface area contributed by atoms with Crippen LogP contribution in [0.5, 0.6) is 0 Å². The maximum atomic E-state index is 13.3. The molecular weight excluding hydrogens is 503 g/mol. The van der Waals surface area contributed by atoms with Gasteiger partial charge in [0.1, 0.15) is 0 Å². The number of nitrogens with zero attached hydrogens (tertiary/aromatic N) is 4. The third kappa shape index (κ3) is 4.70. The van der Waals surface area contributed by atoms with E-state index in [4.69, 9.17) is 11.6 Å². The van der Waals surface area contributed by atoms with Crippen molar-refractivity contribution in [2.24, 2.45) is 0 Å². The fraction of sp³-hybridized carbons (Fsp3) is 0.148. The lowest BCUT2D eigenvalue weighted by Crippen LogP contribution is -2.23. The van der Waals surface area contributed by atoms with Gasteiger partial charge in [0.05, 0.1) is 12.1 Å². The van der Waals surface area contributed by atoms with Gasteiger partial charge in [-0.15, -0.1) is 10.2 Å². The van der Waals surface area contributed by atoms with E-state index in [1.54, 1.807) is 19.2 Å². The lowest BCUT2D eigenvalue weighted by molar-refractivity contribution is -0.137. The second-order valence-electron chi connectivity index (χ2n) is 8.59. The molecule has 0 aliphatic rings. The van der Waals surface area contributed by atoms with Gasteiger partial charge in [-0.05, 0) is 47.9 Å². The molecule has 0 aliphatic heterocycles. The van der Waals surface area contributed by atoms with E-state index < -0.39 is 17.4 Å². The van der Waals surface area contributed by atoms with Crippen LogP contribution in [-0.4, -0.2) is 26.4 Å². The summed E-state index contributed by atoms with van der Waals surface area (Å²) in [5, 5.41) is 12.8. The lowest BCUT2D eigenvalue weighted by atomic mass is 9.95. The summed E-state index contributed by atoms with van der Waals surface area (Å²) in [7, 11) is 1.71. The van der Waals surface area contributed by atoms with Gasteiger partial charge >= 0.3 is 11.9 Å². The number of fused-ring (bicyclic) bond motifs is 1. The highest BCUT2D eigenvalue weighted by molar-refractivity contribution is 6.30. The molecule has 0 atom stereocenters. The summed E-state index contributed by atoms with van der Waals surface area (Å²) in [6.45, 7) is 1.97. The van der Waals surface area contributed by atoms with Gasteiger partial charge in [0.2, 0.25) is 0 Å². The molecule has 0 radical (unpaired) electrons. The fourth-order valence-electron chi connectivity index (χ4n) is 4.17. The summed E-state index contributed by atoms with van der Waals surface area (Å²) >= 11 is 6.12. The zero-order valence-corrected chi connectivity index (χ0v) is 20.6. The summed E-state index contributed by atoms with van der Waals surface area (Å²) in [5.74, 6) is 0.460. The molecule has 5 aromatic rings. The van der Waals surface area contributed by atoms with Crippen molar-refractivity contribution in [3.8, 4) is 22.3 Å². The van der Waals surface area contributed by atoms with E-state index in [-0.39, 0.29) is 6.54 Å². The van der Waals surface area contributed by atoms with E-state index in [1.807, 2.05) is 43.3 Å². The van der Waals surface area contributed by atoms with Gasteiger partial charge in [-0.3, -0.25) is 0 Å². The molecule has 0 saturated carbocycles. The maximum absolute atomic E-state index is 13.3. The molecule has 0 bridgehead atoms. The maximum Gasteiger partial charge on any atom is 0.416 e. The van der Waals surface area contributed by atoms with Crippen LogP contribution in [-0.2, 0) is 12.7 Å². The first-order chi connectivity index (χ1) is 17.7. The Morgan fingerprint density at radius 3 is 2.05 bits per heavy atom. The van der Waals surface area contributed by atoms with Crippen molar-refractivity contribution in [1.82, 2.24) is 19.4 Å². The van der Waals surface area contributed by atoms with Crippen LogP contribution >= 0.6 is 11.6 Å². The van der Waals surface area contributed by atoms with Gasteiger partial charge in [0, 0.05) is 23.2 Å². The number of alkyl halides is 3. The molecule has 3 aromatic carbocycles. The van der Waals surface area contributed by atoms with E-state index in [2.05, 4.69) is 15.5 Å². The van der Waals surface area contributed by atoms with Crippen molar-refractivity contribution in [2.75, 3.05) is 12.4 Å². The Morgan fingerprint density at radius 2 is 1.46 bits per heavy atom. The average Bonchev–Trinajstić information content (AvgIpc) is 3.18. The smallest absolute Gasteiger partial charge is 0.371 e. The first-order valence-electron chi connectivity index (χ1n) is 11.4. The molecule has 2 heterocycles. The number of hydrogen-bond donors (Lipinski definition) is 1. The Hall–Kier alpha value is -4.11. The summed E-state index contributed by atoms with van der Waals surface area (Å²) in [6, 6.07) is 19.8. The van der Waals surface area contributed by atoms with Crippen molar-refractivity contribution in [2.45, 2.75) is 19.6 Å². The molecule has 1 N–H and O–H groups in total. The van der Waals surface area contributed by atoms with Gasteiger partial charge < -0.3 is 5.32 Å². The van der Waals surface area contributed by atoms with Crippen LogP contribution in [0.4, 0.5) is 19.0 Å². The van der Waals surface area contributed by atoms with Crippen LogP contribution in [0.25, 0.3) is 27.9 Å². The average molecular weight is 524 g/mol. The highest BCUT2D eigenvalue weighted by Gasteiger charge is 2.30. The quantitative estimate of drug-likeness (QED) is 0.294. The zero-order chi connectivity index (χ0) is 26.3. The Balaban J connectivity index is 1.72. The Labute approximate surface area is 214 Å². The number of anilines is 1. The van der Waals surface area contributed by atoms with E-state index >= 15 is 0 Å². The van der Waals surface area contributed by atoms with Gasteiger partial charge in [-0.2, -0.15) is 17.7 Å². The normalized spacial score (nSPS) is 11.7. The van der Waals surface area contributed by atoms with Crippen LogP contribution in [0.15, 0.2) is 77.6 Å². The molecule has 6 nitrogen and oxygen atoms in total. The number of rotatable bonds is 5. The van der Waals surface area contributed by atoms with Gasteiger partial charge in [0.15, 0.2) is 11.5 Å². The topological polar surface area (TPSA) is 64.2 Å². The number of aryl methyl sites for hydroxylation is 1. The molecule has 0 aliphatic carbocycles.